The minimum absolute atomic E-state index is 0.0665. The standard InChI is InChI=1S/C16H28N2/c1-11(2)13(4)18(6)14(5)16(17)15-9-7-12(3)8-10-15/h7-11,13-14,16H,17H2,1-6H3. The first kappa shape index (κ1) is 15.2. The maximum atomic E-state index is 6.39. The van der Waals surface area contributed by atoms with Gasteiger partial charge in [0, 0.05) is 18.1 Å². The highest BCUT2D eigenvalue weighted by atomic mass is 15.2. The summed E-state index contributed by atoms with van der Waals surface area (Å²) in [7, 11) is 2.17. The Morgan fingerprint density at radius 3 is 1.89 bits per heavy atom. The van der Waals surface area contributed by atoms with Crippen LogP contribution in [0.5, 0.6) is 0 Å². The fourth-order valence-electron chi connectivity index (χ4n) is 2.16. The molecule has 0 aliphatic rings. The minimum atomic E-state index is 0.0665. The summed E-state index contributed by atoms with van der Waals surface area (Å²) >= 11 is 0. The lowest BCUT2D eigenvalue weighted by atomic mass is 9.96. The number of rotatable bonds is 5. The van der Waals surface area contributed by atoms with Crippen molar-refractivity contribution < 1.29 is 0 Å². The molecule has 0 aromatic heterocycles. The van der Waals surface area contributed by atoms with Crippen LogP contribution in [-0.2, 0) is 0 Å². The maximum Gasteiger partial charge on any atom is 0.0450 e. The molecule has 0 saturated carbocycles. The van der Waals surface area contributed by atoms with Crippen LogP contribution in [0.4, 0.5) is 0 Å². The molecule has 1 rings (SSSR count). The number of aryl methyl sites for hydroxylation is 1. The van der Waals surface area contributed by atoms with Crippen LogP contribution in [0.2, 0.25) is 0 Å². The molecule has 2 heteroatoms. The number of nitrogens with two attached hydrogens (primary N) is 1. The third kappa shape index (κ3) is 3.56. The molecular formula is C16H28N2. The molecule has 0 amide bonds. The summed E-state index contributed by atoms with van der Waals surface area (Å²) in [4.78, 5) is 2.38. The molecular weight excluding hydrogens is 220 g/mol. The molecule has 18 heavy (non-hydrogen) atoms. The van der Waals surface area contributed by atoms with Crippen molar-refractivity contribution in [2.75, 3.05) is 7.05 Å². The zero-order chi connectivity index (χ0) is 13.9. The molecule has 3 atom stereocenters. The molecule has 0 spiro atoms. The van der Waals surface area contributed by atoms with E-state index >= 15 is 0 Å². The SMILES string of the molecule is Cc1ccc(C(N)C(C)N(C)C(C)C(C)C)cc1. The van der Waals surface area contributed by atoms with Gasteiger partial charge >= 0.3 is 0 Å². The van der Waals surface area contributed by atoms with E-state index < -0.39 is 0 Å². The zero-order valence-electron chi connectivity index (χ0n) is 12.6. The van der Waals surface area contributed by atoms with E-state index in [1.54, 1.807) is 0 Å². The second kappa shape index (κ2) is 6.35. The van der Waals surface area contributed by atoms with Gasteiger partial charge in [0.15, 0.2) is 0 Å². The summed E-state index contributed by atoms with van der Waals surface area (Å²) in [6.07, 6.45) is 0. The predicted octanol–water partition coefficient (Wildman–Crippen LogP) is 3.36. The average Bonchev–Trinajstić information content (AvgIpc) is 2.36. The van der Waals surface area contributed by atoms with Crippen molar-refractivity contribution in [3.63, 3.8) is 0 Å². The topological polar surface area (TPSA) is 29.3 Å². The van der Waals surface area contributed by atoms with Gasteiger partial charge in [0.25, 0.3) is 0 Å². The van der Waals surface area contributed by atoms with Crippen molar-refractivity contribution in [1.82, 2.24) is 4.90 Å². The van der Waals surface area contributed by atoms with Gasteiger partial charge in [-0.3, -0.25) is 4.90 Å². The summed E-state index contributed by atoms with van der Waals surface area (Å²) in [5.41, 5.74) is 8.88. The molecule has 0 aliphatic heterocycles. The van der Waals surface area contributed by atoms with Gasteiger partial charge in [0.1, 0.15) is 0 Å². The fraction of sp³-hybridized carbons (Fsp3) is 0.625. The molecule has 0 heterocycles. The van der Waals surface area contributed by atoms with Crippen molar-refractivity contribution >= 4 is 0 Å². The second-order valence-electron chi connectivity index (χ2n) is 5.83. The number of hydrogen-bond donors (Lipinski definition) is 1. The van der Waals surface area contributed by atoms with Gasteiger partial charge in [-0.25, -0.2) is 0 Å². The minimum Gasteiger partial charge on any atom is -0.323 e. The van der Waals surface area contributed by atoms with Gasteiger partial charge in [-0.1, -0.05) is 43.7 Å². The summed E-state index contributed by atoms with van der Waals surface area (Å²) in [5, 5.41) is 0. The van der Waals surface area contributed by atoms with Crippen molar-refractivity contribution in [2.45, 2.75) is 52.7 Å². The zero-order valence-corrected chi connectivity index (χ0v) is 12.6. The van der Waals surface area contributed by atoms with Crippen molar-refractivity contribution in [1.29, 1.82) is 0 Å². The fourth-order valence-corrected chi connectivity index (χ4v) is 2.16. The van der Waals surface area contributed by atoms with Crippen molar-refractivity contribution in [3.8, 4) is 0 Å². The Morgan fingerprint density at radius 2 is 1.44 bits per heavy atom. The summed E-state index contributed by atoms with van der Waals surface area (Å²) in [5.74, 6) is 0.641. The van der Waals surface area contributed by atoms with Crippen LogP contribution in [0.3, 0.4) is 0 Å². The predicted molar refractivity (Wildman–Crippen MR) is 79.6 cm³/mol. The molecule has 102 valence electrons. The Balaban J connectivity index is 2.77. The van der Waals surface area contributed by atoms with Crippen LogP contribution < -0.4 is 5.73 Å². The third-order valence-corrected chi connectivity index (χ3v) is 4.23. The Labute approximate surface area is 112 Å². The van der Waals surface area contributed by atoms with Gasteiger partial charge < -0.3 is 5.73 Å². The second-order valence-corrected chi connectivity index (χ2v) is 5.83. The first-order valence-electron chi connectivity index (χ1n) is 6.88. The molecule has 3 unspecified atom stereocenters. The Morgan fingerprint density at radius 1 is 0.944 bits per heavy atom. The van der Waals surface area contributed by atoms with E-state index in [0.29, 0.717) is 18.0 Å². The smallest absolute Gasteiger partial charge is 0.0450 e. The summed E-state index contributed by atoms with van der Waals surface area (Å²) in [6, 6.07) is 9.49. The summed E-state index contributed by atoms with van der Waals surface area (Å²) < 4.78 is 0. The quantitative estimate of drug-likeness (QED) is 0.865. The van der Waals surface area contributed by atoms with Gasteiger partial charge in [-0.05, 0) is 39.3 Å². The number of likely N-dealkylation sites (N-methyl/N-ethyl adjacent to an activating group) is 1. The molecule has 2 N–H and O–H groups in total. The number of hydrogen-bond acceptors (Lipinski definition) is 2. The Hall–Kier alpha value is -0.860. The maximum absolute atomic E-state index is 6.39. The number of nitrogens with zero attached hydrogens (tertiary/aromatic N) is 1. The van der Waals surface area contributed by atoms with Crippen molar-refractivity contribution in [2.24, 2.45) is 11.7 Å². The normalized spacial score (nSPS) is 16.9. The largest absolute Gasteiger partial charge is 0.323 e. The van der Waals surface area contributed by atoms with Gasteiger partial charge in [0.05, 0.1) is 0 Å². The van der Waals surface area contributed by atoms with E-state index in [1.807, 2.05) is 0 Å². The van der Waals surface area contributed by atoms with Crippen molar-refractivity contribution in [3.05, 3.63) is 35.4 Å². The molecule has 0 aliphatic carbocycles. The lowest BCUT2D eigenvalue weighted by Crippen LogP contribution is -2.45. The van der Waals surface area contributed by atoms with Crippen LogP contribution in [0, 0.1) is 12.8 Å². The molecule has 0 fully saturated rings. The van der Waals surface area contributed by atoms with Crippen LogP contribution in [0.25, 0.3) is 0 Å². The molecule has 1 aromatic rings. The van der Waals surface area contributed by atoms with Crippen LogP contribution in [0.15, 0.2) is 24.3 Å². The first-order valence-corrected chi connectivity index (χ1v) is 6.88. The van der Waals surface area contributed by atoms with Crippen LogP contribution in [-0.4, -0.2) is 24.0 Å². The highest BCUT2D eigenvalue weighted by Gasteiger charge is 2.24. The third-order valence-electron chi connectivity index (χ3n) is 4.23. The van der Waals surface area contributed by atoms with Crippen LogP contribution >= 0.6 is 0 Å². The van der Waals surface area contributed by atoms with Gasteiger partial charge in [-0.2, -0.15) is 0 Å². The van der Waals surface area contributed by atoms with E-state index in [4.69, 9.17) is 5.73 Å². The van der Waals surface area contributed by atoms with E-state index in [-0.39, 0.29) is 6.04 Å². The molecule has 0 radical (unpaired) electrons. The highest BCUT2D eigenvalue weighted by molar-refractivity contribution is 5.24. The van der Waals surface area contributed by atoms with Gasteiger partial charge in [-0.15, -0.1) is 0 Å². The van der Waals surface area contributed by atoms with E-state index in [2.05, 4.69) is 70.8 Å². The van der Waals surface area contributed by atoms with E-state index in [1.165, 1.54) is 11.1 Å². The Kier molecular flexibility index (Phi) is 5.36. The number of benzene rings is 1. The summed E-state index contributed by atoms with van der Waals surface area (Å²) in [6.45, 7) is 11.1. The highest BCUT2D eigenvalue weighted by Crippen LogP contribution is 2.21. The monoisotopic (exact) mass is 248 g/mol. The van der Waals surface area contributed by atoms with E-state index in [0.717, 1.165) is 0 Å². The molecule has 0 saturated heterocycles. The molecule has 2 nitrogen and oxygen atoms in total. The first-order chi connectivity index (χ1) is 8.34. The van der Waals surface area contributed by atoms with Crippen LogP contribution in [0.1, 0.15) is 44.9 Å². The lowest BCUT2D eigenvalue weighted by molar-refractivity contribution is 0.139. The lowest BCUT2D eigenvalue weighted by Gasteiger charge is -2.36. The van der Waals surface area contributed by atoms with Gasteiger partial charge in [0.2, 0.25) is 0 Å². The Bertz CT molecular complexity index is 356. The van der Waals surface area contributed by atoms with E-state index in [9.17, 15) is 0 Å². The molecule has 0 bridgehead atoms. The molecule has 1 aromatic carbocycles. The average molecular weight is 248 g/mol.